The number of carbonyl (C=O) groups excluding carboxylic acids is 1. The Morgan fingerprint density at radius 1 is 1.48 bits per heavy atom. The summed E-state index contributed by atoms with van der Waals surface area (Å²) in [7, 11) is 3.65. The van der Waals surface area contributed by atoms with E-state index in [0.29, 0.717) is 6.54 Å². The number of thiazole rings is 1. The molecule has 1 amide bonds. The summed E-state index contributed by atoms with van der Waals surface area (Å²) >= 11 is 1.69. The number of likely N-dealkylation sites (tertiary alicyclic amines) is 1. The minimum absolute atomic E-state index is 0.140. The van der Waals surface area contributed by atoms with E-state index < -0.39 is 5.54 Å². The van der Waals surface area contributed by atoms with Gasteiger partial charge >= 0.3 is 0 Å². The van der Waals surface area contributed by atoms with Gasteiger partial charge in [-0.25, -0.2) is 9.97 Å². The van der Waals surface area contributed by atoms with Crippen LogP contribution in [-0.4, -0.2) is 57.4 Å². The number of carbonyl (C=O) groups is 1. The van der Waals surface area contributed by atoms with Crippen molar-refractivity contribution in [3.63, 3.8) is 0 Å². The van der Waals surface area contributed by atoms with E-state index in [1.54, 1.807) is 28.8 Å². The summed E-state index contributed by atoms with van der Waals surface area (Å²) in [5, 5.41) is 0. The van der Waals surface area contributed by atoms with Crippen molar-refractivity contribution in [3.8, 4) is 0 Å². The van der Waals surface area contributed by atoms with Gasteiger partial charge < -0.3 is 9.47 Å². The SMILES string of the molecule is Cc1ncsc1CN1CCCC(C(=O)N(C)C)(n2ccnc2)C1. The lowest BCUT2D eigenvalue weighted by Crippen LogP contribution is -2.57. The van der Waals surface area contributed by atoms with Crippen LogP contribution in [0.4, 0.5) is 0 Å². The van der Waals surface area contributed by atoms with Crippen molar-refractivity contribution in [2.45, 2.75) is 31.8 Å². The van der Waals surface area contributed by atoms with Crippen LogP contribution >= 0.6 is 11.3 Å². The fraction of sp³-hybridized carbons (Fsp3) is 0.562. The predicted octanol–water partition coefficient (Wildman–Crippen LogP) is 1.73. The van der Waals surface area contributed by atoms with Gasteiger partial charge in [0.25, 0.3) is 0 Å². The van der Waals surface area contributed by atoms with Gasteiger partial charge in [-0.3, -0.25) is 9.69 Å². The third kappa shape index (κ3) is 3.03. The Morgan fingerprint density at radius 2 is 2.30 bits per heavy atom. The first-order chi connectivity index (χ1) is 11.0. The molecule has 1 saturated heterocycles. The minimum atomic E-state index is -0.559. The van der Waals surface area contributed by atoms with Crippen LogP contribution in [0.5, 0.6) is 0 Å². The lowest BCUT2D eigenvalue weighted by molar-refractivity contribution is -0.141. The number of aromatic nitrogens is 3. The summed E-state index contributed by atoms with van der Waals surface area (Å²) in [5.41, 5.74) is 2.42. The zero-order valence-corrected chi connectivity index (χ0v) is 14.7. The van der Waals surface area contributed by atoms with Crippen molar-refractivity contribution in [2.75, 3.05) is 27.2 Å². The monoisotopic (exact) mass is 333 g/mol. The molecular formula is C16H23N5OS. The molecule has 2 aromatic heterocycles. The first-order valence-corrected chi connectivity index (χ1v) is 8.72. The highest BCUT2D eigenvalue weighted by Gasteiger charge is 2.44. The van der Waals surface area contributed by atoms with Crippen molar-refractivity contribution in [1.82, 2.24) is 24.3 Å². The van der Waals surface area contributed by atoms with E-state index >= 15 is 0 Å². The molecule has 0 N–H and O–H groups in total. The molecule has 2 aromatic rings. The van der Waals surface area contributed by atoms with Crippen molar-refractivity contribution < 1.29 is 4.79 Å². The molecule has 1 atom stereocenters. The van der Waals surface area contributed by atoms with Gasteiger partial charge in [0.15, 0.2) is 0 Å². The number of amides is 1. The standard InChI is InChI=1S/C16H23N5OS/c1-13-14(23-12-18-13)9-20-7-4-5-16(10-20,15(22)19(2)3)21-8-6-17-11-21/h6,8,11-12H,4-5,7,9-10H2,1-3H3. The third-order valence-corrected chi connectivity index (χ3v) is 5.48. The Labute approximate surface area is 140 Å². The smallest absolute Gasteiger partial charge is 0.249 e. The lowest BCUT2D eigenvalue weighted by Gasteiger charge is -2.43. The van der Waals surface area contributed by atoms with E-state index in [2.05, 4.69) is 14.9 Å². The highest BCUT2D eigenvalue weighted by molar-refractivity contribution is 7.09. The van der Waals surface area contributed by atoms with E-state index in [9.17, 15) is 4.79 Å². The first kappa shape index (κ1) is 16.1. The van der Waals surface area contributed by atoms with Crippen molar-refractivity contribution in [2.24, 2.45) is 0 Å². The van der Waals surface area contributed by atoms with Crippen LogP contribution in [-0.2, 0) is 16.9 Å². The van der Waals surface area contributed by atoms with Gasteiger partial charge in [-0.15, -0.1) is 11.3 Å². The van der Waals surface area contributed by atoms with Gasteiger partial charge in [0.2, 0.25) is 5.91 Å². The number of aryl methyl sites for hydroxylation is 1. The topological polar surface area (TPSA) is 54.3 Å². The Morgan fingerprint density at radius 3 is 2.91 bits per heavy atom. The van der Waals surface area contributed by atoms with Gasteiger partial charge in [-0.05, 0) is 26.3 Å². The summed E-state index contributed by atoms with van der Waals surface area (Å²) < 4.78 is 1.99. The lowest BCUT2D eigenvalue weighted by atomic mass is 9.87. The van der Waals surface area contributed by atoms with E-state index in [1.165, 1.54) is 4.88 Å². The highest BCUT2D eigenvalue weighted by atomic mass is 32.1. The molecule has 6 nitrogen and oxygen atoms in total. The number of hydrogen-bond donors (Lipinski definition) is 0. The maximum atomic E-state index is 13.0. The Kier molecular flexibility index (Phi) is 4.50. The normalized spacial score (nSPS) is 22.2. The maximum absolute atomic E-state index is 13.0. The summed E-state index contributed by atoms with van der Waals surface area (Å²) in [5.74, 6) is 0.140. The number of piperidine rings is 1. The number of imidazole rings is 1. The average molecular weight is 333 g/mol. The summed E-state index contributed by atoms with van der Waals surface area (Å²) in [4.78, 5) is 26.8. The van der Waals surface area contributed by atoms with Crippen LogP contribution in [0.1, 0.15) is 23.4 Å². The second-order valence-corrected chi connectivity index (χ2v) is 7.32. The van der Waals surface area contributed by atoms with Crippen LogP contribution in [0.25, 0.3) is 0 Å². The van der Waals surface area contributed by atoms with Crippen LogP contribution in [0.2, 0.25) is 0 Å². The van der Waals surface area contributed by atoms with Gasteiger partial charge in [-0.1, -0.05) is 0 Å². The first-order valence-electron chi connectivity index (χ1n) is 7.84. The molecule has 0 radical (unpaired) electrons. The van der Waals surface area contributed by atoms with Crippen molar-refractivity contribution >= 4 is 17.2 Å². The molecule has 1 aliphatic heterocycles. The van der Waals surface area contributed by atoms with Crippen LogP contribution in [0.3, 0.4) is 0 Å². The Balaban J connectivity index is 1.88. The number of nitrogens with zero attached hydrogens (tertiary/aromatic N) is 5. The zero-order valence-electron chi connectivity index (χ0n) is 13.9. The van der Waals surface area contributed by atoms with E-state index in [4.69, 9.17) is 0 Å². The molecule has 23 heavy (non-hydrogen) atoms. The summed E-state index contributed by atoms with van der Waals surface area (Å²) in [6, 6.07) is 0. The number of rotatable bonds is 4. The van der Waals surface area contributed by atoms with Gasteiger partial charge in [0, 0.05) is 44.5 Å². The van der Waals surface area contributed by atoms with Crippen molar-refractivity contribution in [3.05, 3.63) is 34.8 Å². The molecule has 1 unspecified atom stereocenters. The second kappa shape index (κ2) is 6.41. The van der Waals surface area contributed by atoms with Crippen LogP contribution < -0.4 is 0 Å². The molecule has 3 heterocycles. The van der Waals surface area contributed by atoms with Crippen molar-refractivity contribution in [1.29, 1.82) is 0 Å². The Bertz CT molecular complexity index is 666. The Hall–Kier alpha value is -1.73. The van der Waals surface area contributed by atoms with Gasteiger partial charge in [0.1, 0.15) is 5.54 Å². The van der Waals surface area contributed by atoms with Crippen LogP contribution in [0.15, 0.2) is 24.2 Å². The molecule has 0 aliphatic carbocycles. The molecule has 3 rings (SSSR count). The second-order valence-electron chi connectivity index (χ2n) is 6.38. The number of likely N-dealkylation sites (N-methyl/N-ethyl adjacent to an activating group) is 1. The summed E-state index contributed by atoms with van der Waals surface area (Å²) in [6.45, 7) is 4.61. The van der Waals surface area contributed by atoms with Gasteiger partial charge in [-0.2, -0.15) is 0 Å². The largest absolute Gasteiger partial charge is 0.347 e. The average Bonchev–Trinajstić information content (AvgIpc) is 3.19. The molecule has 1 aliphatic rings. The van der Waals surface area contributed by atoms with Crippen LogP contribution in [0, 0.1) is 6.92 Å². The molecule has 1 fully saturated rings. The maximum Gasteiger partial charge on any atom is 0.249 e. The van der Waals surface area contributed by atoms with E-state index in [0.717, 1.165) is 31.6 Å². The molecule has 0 aromatic carbocycles. The highest BCUT2D eigenvalue weighted by Crippen LogP contribution is 2.32. The molecule has 0 bridgehead atoms. The fourth-order valence-corrected chi connectivity index (χ4v) is 4.18. The fourth-order valence-electron chi connectivity index (χ4n) is 3.36. The molecule has 124 valence electrons. The molecule has 0 spiro atoms. The summed E-state index contributed by atoms with van der Waals surface area (Å²) in [6.07, 6.45) is 7.26. The molecular weight excluding hydrogens is 310 g/mol. The minimum Gasteiger partial charge on any atom is -0.347 e. The predicted molar refractivity (Wildman–Crippen MR) is 90.3 cm³/mol. The third-order valence-electron chi connectivity index (χ3n) is 4.56. The van der Waals surface area contributed by atoms with E-state index in [-0.39, 0.29) is 5.91 Å². The number of hydrogen-bond acceptors (Lipinski definition) is 5. The molecule has 0 saturated carbocycles. The zero-order chi connectivity index (χ0) is 16.4. The molecule has 7 heteroatoms. The van der Waals surface area contributed by atoms with Gasteiger partial charge in [0.05, 0.1) is 17.5 Å². The van der Waals surface area contributed by atoms with E-state index in [1.807, 2.05) is 37.3 Å². The quantitative estimate of drug-likeness (QED) is 0.855.